The van der Waals surface area contributed by atoms with Crippen molar-refractivity contribution in [1.82, 2.24) is 0 Å². The summed E-state index contributed by atoms with van der Waals surface area (Å²) < 4.78 is 0. The summed E-state index contributed by atoms with van der Waals surface area (Å²) in [6.07, 6.45) is 0. The Bertz CT molecular complexity index is 668. The number of amides is 1. The first-order valence-corrected chi connectivity index (χ1v) is 5.66. The largest absolute Gasteiger partial charge is 0.510 e. The Kier molecular flexibility index (Phi) is 3.56. The zero-order valence-corrected chi connectivity index (χ0v) is 10.3. The summed E-state index contributed by atoms with van der Waals surface area (Å²) in [5.41, 5.74) is 0.0402. The van der Waals surface area contributed by atoms with Crippen molar-refractivity contribution in [3.63, 3.8) is 0 Å². The molecular weight excluding hydrogens is 244 g/mol. The molecule has 0 heterocycles. The fourth-order valence-electron chi connectivity index (χ4n) is 1.79. The van der Waals surface area contributed by atoms with E-state index in [0.717, 1.165) is 10.8 Å². The third-order valence-corrected chi connectivity index (χ3v) is 2.69. The van der Waals surface area contributed by atoms with Gasteiger partial charge in [0.25, 0.3) is 5.91 Å². The highest BCUT2D eigenvalue weighted by molar-refractivity contribution is 6.08. The van der Waals surface area contributed by atoms with Crippen LogP contribution in [0.2, 0.25) is 0 Å². The number of nitroso groups, excluding NO2 is 1. The summed E-state index contributed by atoms with van der Waals surface area (Å²) in [6, 6.07) is 12.9. The lowest BCUT2D eigenvalue weighted by atomic mass is 10.1. The van der Waals surface area contributed by atoms with E-state index in [1.807, 2.05) is 30.3 Å². The second kappa shape index (κ2) is 5.30. The van der Waals surface area contributed by atoms with Crippen molar-refractivity contribution in [3.05, 3.63) is 58.8 Å². The number of hydrogen-bond acceptors (Lipinski definition) is 4. The van der Waals surface area contributed by atoms with E-state index in [2.05, 4.69) is 10.5 Å². The van der Waals surface area contributed by atoms with Gasteiger partial charge >= 0.3 is 0 Å². The second-order valence-corrected chi connectivity index (χ2v) is 4.01. The van der Waals surface area contributed by atoms with E-state index in [1.165, 1.54) is 6.92 Å². The predicted octanol–water partition coefficient (Wildman–Crippen LogP) is 3.33. The molecule has 2 N–H and O–H groups in total. The lowest BCUT2D eigenvalue weighted by Crippen LogP contribution is -2.14. The molecule has 96 valence electrons. The van der Waals surface area contributed by atoms with E-state index in [9.17, 15) is 14.8 Å². The van der Waals surface area contributed by atoms with E-state index < -0.39 is 17.4 Å². The summed E-state index contributed by atoms with van der Waals surface area (Å²) in [6.45, 7) is 1.24. The van der Waals surface area contributed by atoms with Crippen LogP contribution in [0.1, 0.15) is 6.92 Å². The van der Waals surface area contributed by atoms with Crippen molar-refractivity contribution in [2.75, 3.05) is 5.32 Å². The fourth-order valence-corrected chi connectivity index (χ4v) is 1.79. The Morgan fingerprint density at radius 3 is 2.53 bits per heavy atom. The molecule has 0 aliphatic heterocycles. The zero-order chi connectivity index (χ0) is 13.8. The molecule has 2 aromatic carbocycles. The third kappa shape index (κ3) is 2.60. The lowest BCUT2D eigenvalue weighted by molar-refractivity contribution is -0.113. The predicted molar refractivity (Wildman–Crippen MR) is 73.7 cm³/mol. The van der Waals surface area contributed by atoms with Crippen molar-refractivity contribution in [2.24, 2.45) is 5.18 Å². The molecule has 1 amide bonds. The van der Waals surface area contributed by atoms with E-state index in [-0.39, 0.29) is 0 Å². The highest BCUT2D eigenvalue weighted by Gasteiger charge is 2.15. The molecule has 0 saturated heterocycles. The van der Waals surface area contributed by atoms with Gasteiger partial charge in [0.1, 0.15) is 5.76 Å². The molecule has 0 unspecified atom stereocenters. The standard InChI is InChI=1S/C14H12N2O3/c1-9(17)13(16-19)14(18)15-12-8-4-6-10-5-2-3-7-11(10)12/h2-8,17H,1H3,(H,15,18). The van der Waals surface area contributed by atoms with Gasteiger partial charge in [-0.05, 0) is 23.6 Å². The Morgan fingerprint density at radius 1 is 1.16 bits per heavy atom. The van der Waals surface area contributed by atoms with Crippen LogP contribution >= 0.6 is 0 Å². The van der Waals surface area contributed by atoms with Crippen LogP contribution in [0.5, 0.6) is 0 Å². The van der Waals surface area contributed by atoms with Gasteiger partial charge in [0.05, 0.1) is 0 Å². The number of allylic oxidation sites excluding steroid dienone is 1. The quantitative estimate of drug-likeness (QED) is 0.502. The van der Waals surface area contributed by atoms with Crippen LogP contribution in [0.15, 0.2) is 59.1 Å². The number of nitrogens with zero attached hydrogens (tertiary/aromatic N) is 1. The van der Waals surface area contributed by atoms with Crippen molar-refractivity contribution >= 4 is 22.4 Å². The minimum Gasteiger partial charge on any atom is -0.510 e. The molecule has 2 aromatic rings. The van der Waals surface area contributed by atoms with E-state index >= 15 is 0 Å². The van der Waals surface area contributed by atoms with Gasteiger partial charge in [0.15, 0.2) is 0 Å². The van der Waals surface area contributed by atoms with Gasteiger partial charge in [-0.1, -0.05) is 36.4 Å². The number of hydrogen-bond donors (Lipinski definition) is 2. The summed E-state index contributed by atoms with van der Waals surface area (Å²) in [7, 11) is 0. The normalized spacial score (nSPS) is 11.8. The first-order valence-electron chi connectivity index (χ1n) is 5.66. The number of carbonyl (C=O) groups is 1. The molecule has 0 radical (unpaired) electrons. The minimum atomic E-state index is -0.730. The fraction of sp³-hybridized carbons (Fsp3) is 0.0714. The molecule has 5 heteroatoms. The maximum absolute atomic E-state index is 11.8. The number of carbonyl (C=O) groups excluding carboxylic acids is 1. The van der Waals surface area contributed by atoms with Crippen LogP contribution in [0, 0.1) is 4.91 Å². The van der Waals surface area contributed by atoms with Gasteiger partial charge in [0, 0.05) is 11.1 Å². The molecule has 5 nitrogen and oxygen atoms in total. The molecule has 0 aromatic heterocycles. The van der Waals surface area contributed by atoms with Crippen LogP contribution in [-0.4, -0.2) is 11.0 Å². The molecule has 0 fully saturated rings. The number of rotatable bonds is 3. The number of fused-ring (bicyclic) bond motifs is 1. The topological polar surface area (TPSA) is 78.8 Å². The Balaban J connectivity index is 2.40. The average molecular weight is 256 g/mol. The van der Waals surface area contributed by atoms with Crippen LogP contribution < -0.4 is 5.32 Å². The Hall–Kier alpha value is -2.69. The summed E-state index contributed by atoms with van der Waals surface area (Å²) in [5.74, 6) is -1.14. The van der Waals surface area contributed by atoms with Crippen molar-refractivity contribution in [2.45, 2.75) is 6.92 Å². The van der Waals surface area contributed by atoms with Crippen LogP contribution in [0.4, 0.5) is 5.69 Å². The van der Waals surface area contributed by atoms with Gasteiger partial charge in [-0.25, -0.2) is 0 Å². The number of nitrogens with one attached hydrogen (secondary N) is 1. The molecule has 0 aliphatic rings. The Morgan fingerprint density at radius 2 is 1.84 bits per heavy atom. The van der Waals surface area contributed by atoms with Crippen LogP contribution in [0.3, 0.4) is 0 Å². The van der Waals surface area contributed by atoms with Gasteiger partial charge < -0.3 is 10.4 Å². The molecule has 0 atom stereocenters. The zero-order valence-electron chi connectivity index (χ0n) is 10.3. The Labute approximate surface area is 109 Å². The van der Waals surface area contributed by atoms with Crippen LogP contribution in [-0.2, 0) is 4.79 Å². The number of aliphatic hydroxyl groups is 1. The maximum atomic E-state index is 11.8. The molecule has 19 heavy (non-hydrogen) atoms. The third-order valence-electron chi connectivity index (χ3n) is 2.69. The minimum absolute atomic E-state index is 0.410. The average Bonchev–Trinajstić information content (AvgIpc) is 2.39. The SMILES string of the molecule is CC(O)=C(N=O)C(=O)Nc1cccc2ccccc12. The van der Waals surface area contributed by atoms with E-state index in [0.29, 0.717) is 5.69 Å². The van der Waals surface area contributed by atoms with Gasteiger partial charge in [-0.2, -0.15) is 0 Å². The van der Waals surface area contributed by atoms with E-state index in [1.54, 1.807) is 12.1 Å². The summed E-state index contributed by atoms with van der Waals surface area (Å²) >= 11 is 0. The van der Waals surface area contributed by atoms with E-state index in [4.69, 9.17) is 0 Å². The lowest BCUT2D eigenvalue weighted by Gasteiger charge is -2.08. The van der Waals surface area contributed by atoms with Gasteiger partial charge in [-0.15, -0.1) is 4.91 Å². The number of benzene rings is 2. The summed E-state index contributed by atoms with van der Waals surface area (Å²) in [4.78, 5) is 22.3. The highest BCUT2D eigenvalue weighted by Crippen LogP contribution is 2.23. The maximum Gasteiger partial charge on any atom is 0.281 e. The monoisotopic (exact) mass is 256 g/mol. The van der Waals surface area contributed by atoms with Crippen molar-refractivity contribution in [3.8, 4) is 0 Å². The molecule has 0 saturated carbocycles. The molecule has 0 aliphatic carbocycles. The number of anilines is 1. The van der Waals surface area contributed by atoms with Crippen LogP contribution in [0.25, 0.3) is 10.8 Å². The molecule has 0 bridgehead atoms. The molecule has 0 spiro atoms. The summed E-state index contributed by atoms with van der Waals surface area (Å²) in [5, 5.41) is 16.1. The second-order valence-electron chi connectivity index (χ2n) is 4.01. The van der Waals surface area contributed by atoms with Gasteiger partial charge in [-0.3, -0.25) is 4.79 Å². The first kappa shape index (κ1) is 12.8. The van der Waals surface area contributed by atoms with Crippen molar-refractivity contribution < 1.29 is 9.90 Å². The molecule has 2 rings (SSSR count). The molecular formula is C14H12N2O3. The smallest absolute Gasteiger partial charge is 0.281 e. The van der Waals surface area contributed by atoms with Gasteiger partial charge in [0.2, 0.25) is 5.70 Å². The van der Waals surface area contributed by atoms with Crippen molar-refractivity contribution in [1.29, 1.82) is 0 Å². The number of aliphatic hydroxyl groups excluding tert-OH is 1. The highest BCUT2D eigenvalue weighted by atomic mass is 16.3. The first-order chi connectivity index (χ1) is 9.13.